The molecule has 2 rings (SSSR count). The molecule has 0 aliphatic heterocycles. The van der Waals surface area contributed by atoms with Gasteiger partial charge >= 0.3 is 0 Å². The number of hydrogen-bond donors (Lipinski definition) is 1. The fourth-order valence-corrected chi connectivity index (χ4v) is 1.56. The topological polar surface area (TPSA) is 105 Å². The maximum atomic E-state index is 8.84. The molecule has 0 atom stereocenters. The Kier molecular flexibility index (Phi) is 4.70. The van der Waals surface area contributed by atoms with Gasteiger partial charge < -0.3 is 4.74 Å². The molecule has 0 fully saturated rings. The molecule has 1 N–H and O–H groups in total. The maximum absolute atomic E-state index is 8.84. The number of nitrogens with zero attached hydrogens (tertiary/aromatic N) is 4. The number of hydrogen-bond acceptors (Lipinski definition) is 6. The van der Waals surface area contributed by atoms with Crippen molar-refractivity contribution in [3.05, 3.63) is 54.1 Å². The highest BCUT2D eigenvalue weighted by Gasteiger charge is 2.00. The fourth-order valence-electron chi connectivity index (χ4n) is 1.56. The molecule has 0 aliphatic rings. The summed E-state index contributed by atoms with van der Waals surface area (Å²) in [6.45, 7) is 0. The Balaban J connectivity index is 2.06. The van der Waals surface area contributed by atoms with Gasteiger partial charge in [0.15, 0.2) is 0 Å². The van der Waals surface area contributed by atoms with Gasteiger partial charge in [0, 0.05) is 0 Å². The Hall–Kier alpha value is -3.82. The van der Waals surface area contributed by atoms with Crippen LogP contribution >= 0.6 is 0 Å². The lowest BCUT2D eigenvalue weighted by atomic mass is 10.2. The molecule has 0 unspecified atom stereocenters. The van der Waals surface area contributed by atoms with Crippen LogP contribution in [0, 0.1) is 34.0 Å². The van der Waals surface area contributed by atoms with Crippen molar-refractivity contribution < 1.29 is 4.74 Å². The van der Waals surface area contributed by atoms with Crippen molar-refractivity contribution in [2.75, 3.05) is 5.43 Å². The molecular weight excluding hydrogens is 278 g/mol. The van der Waals surface area contributed by atoms with Crippen molar-refractivity contribution in [1.29, 1.82) is 15.8 Å². The van der Waals surface area contributed by atoms with Crippen LogP contribution in [0.3, 0.4) is 0 Å². The first-order valence-electron chi connectivity index (χ1n) is 6.17. The highest BCUT2D eigenvalue weighted by atomic mass is 16.5. The van der Waals surface area contributed by atoms with Gasteiger partial charge in [-0.15, -0.1) is 0 Å². The van der Waals surface area contributed by atoms with Gasteiger partial charge in [0.1, 0.15) is 23.6 Å². The molecule has 0 heterocycles. The Morgan fingerprint density at radius 3 is 2.32 bits per heavy atom. The summed E-state index contributed by atoms with van der Waals surface area (Å²) in [4.78, 5) is 0. The number of nitrogens with one attached hydrogen (secondary N) is 1. The van der Waals surface area contributed by atoms with Crippen molar-refractivity contribution in [2.45, 2.75) is 0 Å². The predicted molar refractivity (Wildman–Crippen MR) is 80.0 cm³/mol. The average molecular weight is 287 g/mol. The van der Waals surface area contributed by atoms with Crippen molar-refractivity contribution in [3.63, 3.8) is 0 Å². The minimum Gasteiger partial charge on any atom is -0.457 e. The molecule has 0 saturated carbocycles. The second-order valence-electron chi connectivity index (χ2n) is 4.06. The average Bonchev–Trinajstić information content (AvgIpc) is 2.57. The minimum atomic E-state index is -0.256. The van der Waals surface area contributed by atoms with Crippen LogP contribution in [0.15, 0.2) is 53.6 Å². The van der Waals surface area contributed by atoms with Crippen LogP contribution in [0.5, 0.6) is 11.5 Å². The Bertz CT molecular complexity index is 803. The monoisotopic (exact) mass is 287 g/mol. The Labute approximate surface area is 127 Å². The lowest BCUT2D eigenvalue weighted by Crippen LogP contribution is -1.96. The third-order valence-corrected chi connectivity index (χ3v) is 2.56. The van der Waals surface area contributed by atoms with Crippen LogP contribution in [-0.4, -0.2) is 5.71 Å². The van der Waals surface area contributed by atoms with Crippen LogP contribution in [0.2, 0.25) is 0 Å². The van der Waals surface area contributed by atoms with Crippen LogP contribution in [0.4, 0.5) is 5.69 Å². The molecule has 0 radical (unpaired) electrons. The predicted octanol–water partition coefficient (Wildman–Crippen LogP) is 3.17. The van der Waals surface area contributed by atoms with E-state index in [4.69, 9.17) is 20.5 Å². The smallest absolute Gasteiger partial charge is 0.237 e. The largest absolute Gasteiger partial charge is 0.457 e. The summed E-state index contributed by atoms with van der Waals surface area (Å²) in [6.07, 6.45) is 0. The molecule has 2 aromatic rings. The van der Waals surface area contributed by atoms with Crippen LogP contribution in [0.25, 0.3) is 0 Å². The Morgan fingerprint density at radius 1 is 0.955 bits per heavy atom. The van der Waals surface area contributed by atoms with Crippen molar-refractivity contribution in [1.82, 2.24) is 0 Å². The van der Waals surface area contributed by atoms with E-state index in [2.05, 4.69) is 10.5 Å². The molecule has 6 nitrogen and oxygen atoms in total. The first-order valence-corrected chi connectivity index (χ1v) is 6.17. The molecule has 0 aliphatic carbocycles. The molecule has 2 aromatic carbocycles. The molecule has 0 aromatic heterocycles. The van der Waals surface area contributed by atoms with Crippen molar-refractivity contribution in [2.24, 2.45) is 5.10 Å². The van der Waals surface area contributed by atoms with Crippen molar-refractivity contribution in [3.8, 4) is 29.7 Å². The van der Waals surface area contributed by atoms with Crippen LogP contribution in [-0.2, 0) is 0 Å². The summed E-state index contributed by atoms with van der Waals surface area (Å²) in [6, 6.07) is 19.0. The second-order valence-corrected chi connectivity index (χ2v) is 4.06. The highest BCUT2D eigenvalue weighted by molar-refractivity contribution is 6.10. The van der Waals surface area contributed by atoms with Gasteiger partial charge in [-0.3, -0.25) is 5.43 Å². The summed E-state index contributed by atoms with van der Waals surface area (Å²) < 4.78 is 5.62. The SMILES string of the molecule is N#CC(C#N)=NNc1ccc(Oc2cccc(C#N)c2)cc1. The molecule has 0 spiro atoms. The summed E-state index contributed by atoms with van der Waals surface area (Å²) in [7, 11) is 0. The van der Waals surface area contributed by atoms with Crippen LogP contribution < -0.4 is 10.2 Å². The number of nitriles is 3. The standard InChI is InChI=1S/C16H9N5O/c17-9-12-2-1-3-16(8-12)22-15-6-4-13(5-7-15)20-21-14(10-18)11-19/h1-8,20H. The quantitative estimate of drug-likeness (QED) is 0.686. The van der Waals surface area contributed by atoms with E-state index in [0.29, 0.717) is 22.7 Å². The van der Waals surface area contributed by atoms with E-state index in [1.165, 1.54) is 0 Å². The molecule has 0 saturated heterocycles. The van der Waals surface area contributed by atoms with Crippen molar-refractivity contribution >= 4 is 11.4 Å². The zero-order valence-electron chi connectivity index (χ0n) is 11.3. The van der Waals surface area contributed by atoms with E-state index in [1.54, 1.807) is 60.7 Å². The van der Waals surface area contributed by atoms with E-state index in [0.717, 1.165) is 0 Å². The molecular formula is C16H9N5O. The minimum absolute atomic E-state index is 0.256. The number of ether oxygens (including phenoxy) is 1. The van der Waals surface area contributed by atoms with Gasteiger partial charge in [0.2, 0.25) is 5.71 Å². The second kappa shape index (κ2) is 7.09. The summed E-state index contributed by atoms with van der Waals surface area (Å²) in [5, 5.41) is 29.6. The Morgan fingerprint density at radius 2 is 1.68 bits per heavy atom. The summed E-state index contributed by atoms with van der Waals surface area (Å²) >= 11 is 0. The van der Waals surface area contributed by atoms with Gasteiger partial charge in [-0.1, -0.05) is 6.07 Å². The van der Waals surface area contributed by atoms with E-state index in [1.807, 2.05) is 6.07 Å². The van der Waals surface area contributed by atoms with E-state index < -0.39 is 0 Å². The zero-order chi connectivity index (χ0) is 15.8. The molecule has 6 heteroatoms. The van der Waals surface area contributed by atoms with Gasteiger partial charge in [-0.2, -0.15) is 20.9 Å². The first kappa shape index (κ1) is 14.6. The van der Waals surface area contributed by atoms with Gasteiger partial charge in [0.05, 0.1) is 17.3 Å². The van der Waals surface area contributed by atoms with Gasteiger partial charge in [0.25, 0.3) is 0 Å². The lowest BCUT2D eigenvalue weighted by Gasteiger charge is -2.06. The molecule has 0 amide bonds. The van der Waals surface area contributed by atoms with E-state index in [-0.39, 0.29) is 5.71 Å². The number of benzene rings is 2. The number of rotatable bonds is 4. The molecule has 104 valence electrons. The third kappa shape index (κ3) is 3.84. The third-order valence-electron chi connectivity index (χ3n) is 2.56. The number of anilines is 1. The molecule has 22 heavy (non-hydrogen) atoms. The van der Waals surface area contributed by atoms with Crippen LogP contribution in [0.1, 0.15) is 5.56 Å². The van der Waals surface area contributed by atoms with Gasteiger partial charge in [-0.05, 0) is 42.5 Å². The lowest BCUT2D eigenvalue weighted by molar-refractivity contribution is 0.482. The van der Waals surface area contributed by atoms with E-state index >= 15 is 0 Å². The first-order chi connectivity index (χ1) is 10.7. The summed E-state index contributed by atoms with van der Waals surface area (Å²) in [5.41, 5.74) is 3.48. The van der Waals surface area contributed by atoms with Gasteiger partial charge in [-0.25, -0.2) is 0 Å². The van der Waals surface area contributed by atoms with E-state index in [9.17, 15) is 0 Å². The highest BCUT2D eigenvalue weighted by Crippen LogP contribution is 2.23. The zero-order valence-corrected chi connectivity index (χ0v) is 11.3. The fraction of sp³-hybridized carbons (Fsp3) is 0. The number of hydrazone groups is 1. The summed E-state index contributed by atoms with van der Waals surface area (Å²) in [5.74, 6) is 1.15. The molecule has 0 bridgehead atoms. The maximum Gasteiger partial charge on any atom is 0.237 e. The normalized spacial score (nSPS) is 8.77.